The third-order valence-corrected chi connectivity index (χ3v) is 3.38. The van der Waals surface area contributed by atoms with E-state index in [0.29, 0.717) is 26.1 Å². The number of aliphatic hydroxyl groups is 2. The summed E-state index contributed by atoms with van der Waals surface area (Å²) in [5.41, 5.74) is 0. The van der Waals surface area contributed by atoms with Crippen molar-refractivity contribution in [3.8, 4) is 0 Å². The summed E-state index contributed by atoms with van der Waals surface area (Å²) in [6, 6.07) is 0. The summed E-state index contributed by atoms with van der Waals surface area (Å²) in [7, 11) is 0. The number of aliphatic hydroxyl groups excluding tert-OH is 2. The van der Waals surface area contributed by atoms with Crippen LogP contribution in [0.15, 0.2) is 0 Å². The highest BCUT2D eigenvalue weighted by molar-refractivity contribution is 5.75. The van der Waals surface area contributed by atoms with Crippen LogP contribution in [0.1, 0.15) is 45.4 Å². The minimum absolute atomic E-state index is 0.0216. The number of rotatable bonds is 15. The zero-order valence-corrected chi connectivity index (χ0v) is 14.3. The Bertz CT molecular complexity index is 313. The van der Waals surface area contributed by atoms with E-state index < -0.39 is 5.97 Å². The molecule has 7 heteroatoms. The summed E-state index contributed by atoms with van der Waals surface area (Å²) >= 11 is 0. The second-order valence-electron chi connectivity index (χ2n) is 5.46. The van der Waals surface area contributed by atoms with Crippen molar-refractivity contribution in [1.82, 2.24) is 10.2 Å². The van der Waals surface area contributed by atoms with E-state index in [1.165, 1.54) is 19.3 Å². The number of nitrogens with one attached hydrogen (secondary N) is 1. The van der Waals surface area contributed by atoms with Crippen molar-refractivity contribution in [2.75, 3.05) is 46.0 Å². The Morgan fingerprint density at radius 2 is 1.78 bits per heavy atom. The van der Waals surface area contributed by atoms with Crippen LogP contribution < -0.4 is 5.32 Å². The number of ether oxygens (including phenoxy) is 1. The first-order valence-electron chi connectivity index (χ1n) is 8.50. The van der Waals surface area contributed by atoms with Gasteiger partial charge in [-0.2, -0.15) is 0 Å². The van der Waals surface area contributed by atoms with Gasteiger partial charge in [0, 0.05) is 26.1 Å². The Morgan fingerprint density at radius 3 is 2.43 bits per heavy atom. The van der Waals surface area contributed by atoms with Crippen LogP contribution in [0.5, 0.6) is 0 Å². The molecule has 0 aliphatic heterocycles. The number of nitrogens with zero attached hydrogens (tertiary/aromatic N) is 1. The molecule has 0 aromatic heterocycles. The lowest BCUT2D eigenvalue weighted by Crippen LogP contribution is -2.39. The smallest absolute Gasteiger partial charge is 0.320 e. The van der Waals surface area contributed by atoms with Gasteiger partial charge >= 0.3 is 5.97 Å². The van der Waals surface area contributed by atoms with Gasteiger partial charge in [0.2, 0.25) is 5.91 Å². The van der Waals surface area contributed by atoms with Crippen LogP contribution in [0.2, 0.25) is 0 Å². The van der Waals surface area contributed by atoms with E-state index in [-0.39, 0.29) is 32.3 Å². The second-order valence-corrected chi connectivity index (χ2v) is 5.46. The number of amides is 1. The minimum Gasteiger partial charge on any atom is -0.462 e. The molecule has 23 heavy (non-hydrogen) atoms. The fraction of sp³-hybridized carbons (Fsp3) is 0.875. The summed E-state index contributed by atoms with van der Waals surface area (Å²) in [5, 5.41) is 20.4. The van der Waals surface area contributed by atoms with Crippen molar-refractivity contribution in [2.45, 2.75) is 45.4 Å². The van der Waals surface area contributed by atoms with Crippen LogP contribution in [0.25, 0.3) is 0 Å². The number of hydrogen-bond donors (Lipinski definition) is 3. The molecule has 1 amide bonds. The van der Waals surface area contributed by atoms with Crippen LogP contribution in [-0.4, -0.2) is 73.0 Å². The van der Waals surface area contributed by atoms with E-state index >= 15 is 0 Å². The maximum Gasteiger partial charge on any atom is 0.320 e. The molecule has 0 spiro atoms. The van der Waals surface area contributed by atoms with Gasteiger partial charge in [-0.3, -0.25) is 14.5 Å². The normalized spacial score (nSPS) is 10.8. The van der Waals surface area contributed by atoms with Gasteiger partial charge in [0.05, 0.1) is 19.8 Å². The monoisotopic (exact) mass is 332 g/mol. The molecule has 0 aromatic rings. The molecular weight excluding hydrogens is 300 g/mol. The average Bonchev–Trinajstić information content (AvgIpc) is 2.53. The summed E-state index contributed by atoms with van der Waals surface area (Å²) in [6.45, 7) is 3.12. The Kier molecular flexibility index (Phi) is 14.9. The van der Waals surface area contributed by atoms with Crippen LogP contribution in [-0.2, 0) is 14.3 Å². The van der Waals surface area contributed by atoms with Gasteiger partial charge in [0.1, 0.15) is 6.61 Å². The second kappa shape index (κ2) is 15.7. The maximum absolute atomic E-state index is 11.7. The molecule has 7 nitrogen and oxygen atoms in total. The lowest BCUT2D eigenvalue weighted by molar-refractivity contribution is -0.146. The largest absolute Gasteiger partial charge is 0.462 e. The zero-order valence-electron chi connectivity index (χ0n) is 14.3. The third kappa shape index (κ3) is 14.2. The van der Waals surface area contributed by atoms with Crippen molar-refractivity contribution >= 4 is 11.9 Å². The molecule has 0 rings (SSSR count). The van der Waals surface area contributed by atoms with Gasteiger partial charge < -0.3 is 20.3 Å². The summed E-state index contributed by atoms with van der Waals surface area (Å²) in [4.78, 5) is 24.9. The van der Waals surface area contributed by atoms with Gasteiger partial charge in [-0.25, -0.2) is 0 Å². The maximum atomic E-state index is 11.7. The fourth-order valence-electron chi connectivity index (χ4n) is 2.13. The predicted octanol–water partition coefficient (Wildman–Crippen LogP) is 0.293. The van der Waals surface area contributed by atoms with E-state index in [1.807, 2.05) is 0 Å². The predicted molar refractivity (Wildman–Crippen MR) is 88.0 cm³/mol. The van der Waals surface area contributed by atoms with Gasteiger partial charge in [0.15, 0.2) is 0 Å². The summed E-state index contributed by atoms with van der Waals surface area (Å²) < 4.78 is 4.78. The molecule has 0 saturated heterocycles. The van der Waals surface area contributed by atoms with E-state index in [2.05, 4.69) is 12.2 Å². The molecule has 136 valence electrons. The first-order valence-corrected chi connectivity index (χ1v) is 8.50. The van der Waals surface area contributed by atoms with Crippen LogP contribution in [0.3, 0.4) is 0 Å². The molecule has 0 aliphatic rings. The SMILES string of the molecule is CCCCCCCC(=O)NCCN(CCO)CC(=O)OCCO. The summed E-state index contributed by atoms with van der Waals surface area (Å²) in [5.74, 6) is -0.428. The van der Waals surface area contributed by atoms with Crippen molar-refractivity contribution in [1.29, 1.82) is 0 Å². The zero-order chi connectivity index (χ0) is 17.3. The van der Waals surface area contributed by atoms with Gasteiger partial charge in [-0.15, -0.1) is 0 Å². The summed E-state index contributed by atoms with van der Waals surface area (Å²) in [6.07, 6.45) is 6.08. The number of carbonyl (C=O) groups is 2. The van der Waals surface area contributed by atoms with E-state index in [4.69, 9.17) is 14.9 Å². The van der Waals surface area contributed by atoms with Crippen molar-refractivity contribution in [3.05, 3.63) is 0 Å². The number of unbranched alkanes of at least 4 members (excludes halogenated alkanes) is 4. The van der Waals surface area contributed by atoms with Crippen molar-refractivity contribution in [2.24, 2.45) is 0 Å². The minimum atomic E-state index is -0.449. The van der Waals surface area contributed by atoms with Gasteiger partial charge in [-0.1, -0.05) is 32.6 Å². The lowest BCUT2D eigenvalue weighted by atomic mass is 10.1. The topological polar surface area (TPSA) is 99.1 Å². The molecular formula is C16H32N2O5. The number of hydrogen-bond acceptors (Lipinski definition) is 6. The highest BCUT2D eigenvalue weighted by atomic mass is 16.5. The quantitative estimate of drug-likeness (QED) is 0.294. The average molecular weight is 332 g/mol. The first kappa shape index (κ1) is 21.8. The molecule has 0 atom stereocenters. The highest BCUT2D eigenvalue weighted by Gasteiger charge is 2.11. The van der Waals surface area contributed by atoms with E-state index in [0.717, 1.165) is 12.8 Å². The first-order chi connectivity index (χ1) is 11.1. The Balaban J connectivity index is 3.80. The van der Waals surface area contributed by atoms with Crippen molar-refractivity contribution < 1.29 is 24.5 Å². The van der Waals surface area contributed by atoms with Crippen LogP contribution >= 0.6 is 0 Å². The molecule has 0 bridgehead atoms. The van der Waals surface area contributed by atoms with Crippen LogP contribution in [0, 0.1) is 0 Å². The Morgan fingerprint density at radius 1 is 1.04 bits per heavy atom. The van der Waals surface area contributed by atoms with Crippen LogP contribution in [0.4, 0.5) is 0 Å². The van der Waals surface area contributed by atoms with E-state index in [9.17, 15) is 9.59 Å². The molecule has 0 saturated carbocycles. The number of carbonyl (C=O) groups excluding carboxylic acids is 2. The third-order valence-electron chi connectivity index (χ3n) is 3.38. The molecule has 0 radical (unpaired) electrons. The molecule has 0 unspecified atom stereocenters. The number of esters is 1. The molecule has 0 fully saturated rings. The van der Waals surface area contributed by atoms with Gasteiger partial charge in [-0.05, 0) is 6.42 Å². The Hall–Kier alpha value is -1.18. The Labute approximate surface area is 139 Å². The molecule has 3 N–H and O–H groups in total. The molecule has 0 aliphatic carbocycles. The lowest BCUT2D eigenvalue weighted by Gasteiger charge is -2.20. The standard InChI is InChI=1S/C16H32N2O5/c1-2-3-4-5-6-7-15(21)17-8-9-18(10-11-19)14-16(22)23-13-12-20/h19-20H,2-14H2,1H3,(H,17,21). The fourth-order valence-corrected chi connectivity index (χ4v) is 2.13. The van der Waals surface area contributed by atoms with E-state index in [1.54, 1.807) is 4.90 Å². The molecule has 0 heterocycles. The molecule has 0 aromatic carbocycles. The van der Waals surface area contributed by atoms with Gasteiger partial charge in [0.25, 0.3) is 0 Å². The highest BCUT2D eigenvalue weighted by Crippen LogP contribution is 2.04. The van der Waals surface area contributed by atoms with Crippen molar-refractivity contribution in [3.63, 3.8) is 0 Å².